The minimum atomic E-state index is -0.303. The second-order valence-electron chi connectivity index (χ2n) is 5.46. The number of hydrogen-bond donors (Lipinski definition) is 1. The molecule has 25 heavy (non-hydrogen) atoms. The number of hydrogen-bond acceptors (Lipinski definition) is 6. The van der Waals surface area contributed by atoms with Gasteiger partial charge in [0.1, 0.15) is 0 Å². The Kier molecular flexibility index (Phi) is 5.50. The van der Waals surface area contributed by atoms with Crippen LogP contribution in [0.15, 0.2) is 40.9 Å². The lowest BCUT2D eigenvalue weighted by molar-refractivity contribution is -0.115. The molecule has 0 aliphatic carbocycles. The van der Waals surface area contributed by atoms with Gasteiger partial charge in [0.2, 0.25) is 5.91 Å². The molecular formula is C17H19N5OS2. The van der Waals surface area contributed by atoms with Crippen molar-refractivity contribution in [3.8, 4) is 11.4 Å². The molecule has 0 aliphatic rings. The van der Waals surface area contributed by atoms with Gasteiger partial charge in [0, 0.05) is 17.5 Å². The minimum absolute atomic E-state index is 0.0914. The molecule has 2 heterocycles. The lowest BCUT2D eigenvalue weighted by atomic mass is 10.2. The van der Waals surface area contributed by atoms with E-state index in [1.54, 1.807) is 0 Å². The molecule has 8 heteroatoms. The van der Waals surface area contributed by atoms with Crippen molar-refractivity contribution >= 4 is 34.1 Å². The van der Waals surface area contributed by atoms with E-state index >= 15 is 0 Å². The summed E-state index contributed by atoms with van der Waals surface area (Å²) in [4.78, 5) is 16.6. The lowest BCUT2D eigenvalue weighted by Gasteiger charge is -2.11. The van der Waals surface area contributed by atoms with Crippen molar-refractivity contribution in [1.29, 1.82) is 0 Å². The highest BCUT2D eigenvalue weighted by molar-refractivity contribution is 8.00. The van der Waals surface area contributed by atoms with Crippen molar-refractivity contribution in [2.75, 3.05) is 5.32 Å². The predicted molar refractivity (Wildman–Crippen MR) is 102 cm³/mol. The van der Waals surface area contributed by atoms with Crippen LogP contribution in [-0.2, 0) is 11.3 Å². The van der Waals surface area contributed by atoms with Gasteiger partial charge in [-0.2, -0.15) is 0 Å². The Morgan fingerprint density at radius 2 is 2.08 bits per heavy atom. The number of carbonyl (C=O) groups is 1. The zero-order valence-electron chi connectivity index (χ0n) is 14.3. The van der Waals surface area contributed by atoms with Gasteiger partial charge in [0.05, 0.1) is 10.9 Å². The highest BCUT2D eigenvalue weighted by Gasteiger charge is 2.21. The summed E-state index contributed by atoms with van der Waals surface area (Å²) in [5.41, 5.74) is 1.91. The van der Waals surface area contributed by atoms with Crippen LogP contribution in [0.3, 0.4) is 0 Å². The molecule has 2 aromatic heterocycles. The van der Waals surface area contributed by atoms with Crippen LogP contribution in [0, 0.1) is 6.92 Å². The van der Waals surface area contributed by atoms with Crippen LogP contribution in [0.25, 0.3) is 11.4 Å². The molecule has 0 unspecified atom stereocenters. The molecular weight excluding hydrogens is 354 g/mol. The Hall–Kier alpha value is -2.19. The molecule has 1 aromatic carbocycles. The zero-order valence-corrected chi connectivity index (χ0v) is 15.9. The number of rotatable bonds is 6. The van der Waals surface area contributed by atoms with E-state index in [0.29, 0.717) is 5.13 Å². The summed E-state index contributed by atoms with van der Waals surface area (Å²) in [5.74, 6) is 0.722. The molecule has 130 valence electrons. The smallest absolute Gasteiger partial charge is 0.239 e. The van der Waals surface area contributed by atoms with Crippen molar-refractivity contribution in [2.24, 2.45) is 0 Å². The Morgan fingerprint density at radius 3 is 2.72 bits per heavy atom. The van der Waals surface area contributed by atoms with Gasteiger partial charge in [0.25, 0.3) is 0 Å². The fourth-order valence-corrected chi connectivity index (χ4v) is 3.90. The van der Waals surface area contributed by atoms with Gasteiger partial charge >= 0.3 is 0 Å². The Bertz CT molecular complexity index is 859. The number of thioether (sulfide) groups is 1. The van der Waals surface area contributed by atoms with Crippen molar-refractivity contribution in [1.82, 2.24) is 19.7 Å². The fourth-order valence-electron chi connectivity index (χ4n) is 2.29. The quantitative estimate of drug-likeness (QED) is 0.665. The number of amides is 1. The topological polar surface area (TPSA) is 72.7 Å². The van der Waals surface area contributed by atoms with Crippen LogP contribution in [0.5, 0.6) is 0 Å². The third-order valence-corrected chi connectivity index (χ3v) is 5.52. The van der Waals surface area contributed by atoms with Crippen LogP contribution >= 0.6 is 23.1 Å². The van der Waals surface area contributed by atoms with Gasteiger partial charge < -0.3 is 9.88 Å². The molecule has 0 radical (unpaired) electrons. The van der Waals surface area contributed by atoms with E-state index in [4.69, 9.17) is 0 Å². The molecule has 0 spiro atoms. The van der Waals surface area contributed by atoms with E-state index in [1.165, 1.54) is 23.1 Å². The van der Waals surface area contributed by atoms with Gasteiger partial charge in [-0.1, -0.05) is 42.1 Å². The molecule has 0 fully saturated rings. The summed E-state index contributed by atoms with van der Waals surface area (Å²) in [6.07, 6.45) is 0. The monoisotopic (exact) mass is 373 g/mol. The first-order valence-electron chi connectivity index (χ1n) is 7.96. The number of aryl methyl sites for hydroxylation is 1. The molecule has 1 atom stereocenters. The van der Waals surface area contributed by atoms with Gasteiger partial charge in [-0.15, -0.1) is 21.5 Å². The maximum atomic E-state index is 12.4. The first-order valence-corrected chi connectivity index (χ1v) is 9.72. The van der Waals surface area contributed by atoms with Gasteiger partial charge in [-0.05, 0) is 20.8 Å². The molecule has 0 saturated carbocycles. The van der Waals surface area contributed by atoms with E-state index < -0.39 is 0 Å². The van der Waals surface area contributed by atoms with Gasteiger partial charge in [-0.25, -0.2) is 4.98 Å². The number of anilines is 1. The second-order valence-corrected chi connectivity index (χ2v) is 7.63. The lowest BCUT2D eigenvalue weighted by Crippen LogP contribution is -2.22. The molecule has 3 rings (SSSR count). The average Bonchev–Trinajstić information content (AvgIpc) is 3.21. The average molecular weight is 374 g/mol. The molecule has 0 aliphatic heterocycles. The SMILES string of the molecule is CCn1c(S[C@H](C)C(=O)Nc2nc(C)cs2)nnc1-c1ccccc1. The molecule has 1 amide bonds. The molecule has 0 saturated heterocycles. The standard InChI is InChI=1S/C17H19N5OS2/c1-4-22-14(13-8-6-5-7-9-13)20-21-17(22)25-12(3)15(23)19-16-18-11(2)10-24-16/h5-10,12H,4H2,1-3H3,(H,18,19,23)/t12-/m1/s1. The van der Waals surface area contributed by atoms with Crippen molar-refractivity contribution in [3.63, 3.8) is 0 Å². The molecule has 0 bridgehead atoms. The minimum Gasteiger partial charge on any atom is -0.302 e. The first kappa shape index (κ1) is 17.6. The molecule has 1 N–H and O–H groups in total. The molecule has 6 nitrogen and oxygen atoms in total. The van der Waals surface area contributed by atoms with E-state index in [-0.39, 0.29) is 11.2 Å². The Labute approximate surface area is 154 Å². The summed E-state index contributed by atoms with van der Waals surface area (Å²) in [7, 11) is 0. The Balaban J connectivity index is 1.74. The maximum Gasteiger partial charge on any atom is 0.239 e. The molecule has 3 aromatic rings. The van der Waals surface area contributed by atoms with Crippen LogP contribution in [0.4, 0.5) is 5.13 Å². The van der Waals surface area contributed by atoms with Gasteiger partial charge in [-0.3, -0.25) is 4.79 Å². The van der Waals surface area contributed by atoms with Gasteiger partial charge in [0.15, 0.2) is 16.1 Å². The second kappa shape index (κ2) is 7.79. The summed E-state index contributed by atoms with van der Waals surface area (Å²) in [6.45, 7) is 6.54. The van der Waals surface area contributed by atoms with Crippen molar-refractivity contribution < 1.29 is 4.79 Å². The number of thiazole rings is 1. The van der Waals surface area contributed by atoms with Crippen LogP contribution < -0.4 is 5.32 Å². The van der Waals surface area contributed by atoms with E-state index in [2.05, 4.69) is 20.5 Å². The predicted octanol–water partition coefficient (Wildman–Crippen LogP) is 3.85. The summed E-state index contributed by atoms with van der Waals surface area (Å²) in [6, 6.07) is 9.93. The summed E-state index contributed by atoms with van der Waals surface area (Å²) >= 11 is 2.82. The number of aromatic nitrogens is 4. The van der Waals surface area contributed by atoms with Crippen LogP contribution in [0.1, 0.15) is 19.5 Å². The number of benzene rings is 1. The maximum absolute atomic E-state index is 12.4. The van der Waals surface area contributed by atoms with Crippen molar-refractivity contribution in [3.05, 3.63) is 41.4 Å². The third-order valence-electron chi connectivity index (χ3n) is 3.57. The Morgan fingerprint density at radius 1 is 1.32 bits per heavy atom. The number of nitrogens with zero attached hydrogens (tertiary/aromatic N) is 4. The normalized spacial score (nSPS) is 12.1. The van der Waals surface area contributed by atoms with Crippen LogP contribution in [-0.4, -0.2) is 30.9 Å². The highest BCUT2D eigenvalue weighted by Crippen LogP contribution is 2.27. The van der Waals surface area contributed by atoms with E-state index in [1.807, 2.05) is 61.1 Å². The van der Waals surface area contributed by atoms with E-state index in [0.717, 1.165) is 28.8 Å². The fraction of sp³-hybridized carbons (Fsp3) is 0.294. The summed E-state index contributed by atoms with van der Waals surface area (Å²) < 4.78 is 2.03. The zero-order chi connectivity index (χ0) is 17.8. The number of nitrogens with one attached hydrogen (secondary N) is 1. The van der Waals surface area contributed by atoms with Crippen molar-refractivity contribution in [2.45, 2.75) is 37.7 Å². The van der Waals surface area contributed by atoms with E-state index in [9.17, 15) is 4.79 Å². The number of carbonyl (C=O) groups excluding carboxylic acids is 1. The highest BCUT2D eigenvalue weighted by atomic mass is 32.2. The van der Waals surface area contributed by atoms with Crippen LogP contribution in [0.2, 0.25) is 0 Å². The first-order chi connectivity index (χ1) is 12.1. The largest absolute Gasteiger partial charge is 0.302 e. The third kappa shape index (κ3) is 4.08. The summed E-state index contributed by atoms with van der Waals surface area (Å²) in [5, 5.41) is 14.4.